The number of aliphatic carboxylic acids is 1. The van der Waals surface area contributed by atoms with E-state index in [-0.39, 0.29) is 6.42 Å². The van der Waals surface area contributed by atoms with E-state index in [0.29, 0.717) is 5.92 Å². The van der Waals surface area contributed by atoms with Crippen LogP contribution in [0.2, 0.25) is 0 Å². The average Bonchev–Trinajstić information content (AvgIpc) is 2.87. The van der Waals surface area contributed by atoms with Gasteiger partial charge in [0, 0.05) is 38.1 Å². The number of carbonyl (C=O) groups is 1. The molecule has 21 heavy (non-hydrogen) atoms. The zero-order valence-corrected chi connectivity index (χ0v) is 12.0. The third kappa shape index (κ3) is 3.58. The molecule has 1 N–H and O–H groups in total. The van der Waals surface area contributed by atoms with Crippen LogP contribution in [0.15, 0.2) is 24.7 Å². The Morgan fingerprint density at radius 1 is 1.48 bits per heavy atom. The fraction of sp³-hybridized carbons (Fsp3) is 0.533. The van der Waals surface area contributed by atoms with Crippen molar-refractivity contribution in [1.82, 2.24) is 19.3 Å². The molecule has 0 amide bonds. The van der Waals surface area contributed by atoms with Crippen LogP contribution in [0.4, 0.5) is 0 Å². The molecule has 112 valence electrons. The number of carboxylic acid groups (broad SMARTS) is 1. The third-order valence-electron chi connectivity index (χ3n) is 4.04. The second-order valence-corrected chi connectivity index (χ2v) is 5.73. The Hall–Kier alpha value is -1.95. The van der Waals surface area contributed by atoms with Gasteiger partial charge in [0.25, 0.3) is 0 Å². The van der Waals surface area contributed by atoms with Crippen molar-refractivity contribution in [1.29, 1.82) is 0 Å². The first kappa shape index (κ1) is 14.0. The summed E-state index contributed by atoms with van der Waals surface area (Å²) < 4.78 is 1.93. The Balaban J connectivity index is 1.60. The summed E-state index contributed by atoms with van der Waals surface area (Å²) in [6.07, 6.45) is 9.03. The molecule has 0 aromatic carbocycles. The Kier molecular flexibility index (Phi) is 4.15. The summed E-state index contributed by atoms with van der Waals surface area (Å²) in [6.45, 7) is 2.84. The molecule has 1 aliphatic rings. The van der Waals surface area contributed by atoms with E-state index >= 15 is 0 Å². The van der Waals surface area contributed by atoms with Crippen LogP contribution in [0, 0.1) is 5.92 Å². The smallest absolute Gasteiger partial charge is 0.303 e. The number of imidazole rings is 1. The van der Waals surface area contributed by atoms with Crippen molar-refractivity contribution < 1.29 is 9.90 Å². The number of rotatable bonds is 5. The van der Waals surface area contributed by atoms with Crippen LogP contribution in [0.5, 0.6) is 0 Å². The first-order valence-electron chi connectivity index (χ1n) is 7.43. The van der Waals surface area contributed by atoms with Gasteiger partial charge in [-0.2, -0.15) is 0 Å². The summed E-state index contributed by atoms with van der Waals surface area (Å²) >= 11 is 0. The molecule has 0 bridgehead atoms. The van der Waals surface area contributed by atoms with E-state index in [0.717, 1.165) is 50.4 Å². The molecule has 3 rings (SSSR count). The van der Waals surface area contributed by atoms with Gasteiger partial charge in [-0.05, 0) is 37.8 Å². The molecular weight excluding hydrogens is 268 g/mol. The maximum Gasteiger partial charge on any atom is 0.303 e. The molecule has 0 saturated carbocycles. The van der Waals surface area contributed by atoms with Crippen molar-refractivity contribution in [3.8, 4) is 0 Å². The van der Waals surface area contributed by atoms with Gasteiger partial charge in [0.1, 0.15) is 0 Å². The number of fused-ring (bicyclic) bond motifs is 1. The minimum absolute atomic E-state index is 0.275. The summed E-state index contributed by atoms with van der Waals surface area (Å²) in [5.41, 5.74) is 1.02. The SMILES string of the molecule is O=C(O)CCC1CCCN(Cc2cn3cccnc3n2)C1. The molecule has 1 saturated heterocycles. The Morgan fingerprint density at radius 2 is 2.38 bits per heavy atom. The van der Waals surface area contributed by atoms with Crippen LogP contribution in [0.1, 0.15) is 31.4 Å². The molecule has 2 aromatic rings. The standard InChI is InChI=1S/C15H20N4O2/c20-14(21)5-4-12-3-1-7-18(9-12)10-13-11-19-8-2-6-16-15(19)17-13/h2,6,8,11-12H,1,3-5,7,9-10H2,(H,20,21). The first-order chi connectivity index (χ1) is 10.2. The Morgan fingerprint density at radius 3 is 3.19 bits per heavy atom. The lowest BCUT2D eigenvalue weighted by atomic mass is 9.93. The molecule has 1 aliphatic heterocycles. The lowest BCUT2D eigenvalue weighted by Crippen LogP contribution is -2.35. The second-order valence-electron chi connectivity index (χ2n) is 5.73. The van der Waals surface area contributed by atoms with Gasteiger partial charge >= 0.3 is 5.97 Å². The third-order valence-corrected chi connectivity index (χ3v) is 4.04. The van der Waals surface area contributed by atoms with Crippen molar-refractivity contribution in [3.63, 3.8) is 0 Å². The zero-order chi connectivity index (χ0) is 14.7. The highest BCUT2D eigenvalue weighted by Crippen LogP contribution is 2.22. The summed E-state index contributed by atoms with van der Waals surface area (Å²) in [7, 11) is 0. The Bertz CT molecular complexity index is 592. The zero-order valence-electron chi connectivity index (χ0n) is 12.0. The van der Waals surface area contributed by atoms with Gasteiger partial charge in [-0.15, -0.1) is 0 Å². The molecule has 0 aliphatic carbocycles. The highest BCUT2D eigenvalue weighted by molar-refractivity contribution is 5.66. The second kappa shape index (κ2) is 6.22. The van der Waals surface area contributed by atoms with Crippen LogP contribution in [0.3, 0.4) is 0 Å². The number of hydrogen-bond acceptors (Lipinski definition) is 4. The minimum Gasteiger partial charge on any atom is -0.481 e. The van der Waals surface area contributed by atoms with Crippen molar-refractivity contribution in [2.24, 2.45) is 5.92 Å². The first-order valence-corrected chi connectivity index (χ1v) is 7.43. The quantitative estimate of drug-likeness (QED) is 0.908. The van der Waals surface area contributed by atoms with Crippen LogP contribution in [-0.4, -0.2) is 43.4 Å². The van der Waals surface area contributed by atoms with E-state index in [4.69, 9.17) is 5.11 Å². The summed E-state index contributed by atoms with van der Waals surface area (Å²) in [6, 6.07) is 1.89. The highest BCUT2D eigenvalue weighted by Gasteiger charge is 2.21. The summed E-state index contributed by atoms with van der Waals surface area (Å²) in [5.74, 6) is 0.524. The van der Waals surface area contributed by atoms with Crippen LogP contribution in [-0.2, 0) is 11.3 Å². The summed E-state index contributed by atoms with van der Waals surface area (Å²) in [4.78, 5) is 21.8. The average molecular weight is 288 g/mol. The van der Waals surface area contributed by atoms with Gasteiger partial charge in [-0.3, -0.25) is 14.1 Å². The topological polar surface area (TPSA) is 70.7 Å². The van der Waals surface area contributed by atoms with E-state index in [1.54, 1.807) is 6.20 Å². The number of aromatic nitrogens is 3. The van der Waals surface area contributed by atoms with E-state index in [1.807, 2.05) is 22.9 Å². The molecule has 0 radical (unpaired) electrons. The monoisotopic (exact) mass is 288 g/mol. The van der Waals surface area contributed by atoms with Crippen LogP contribution >= 0.6 is 0 Å². The molecule has 6 heteroatoms. The van der Waals surface area contributed by atoms with Crippen LogP contribution in [0.25, 0.3) is 5.78 Å². The van der Waals surface area contributed by atoms with Gasteiger partial charge in [0.15, 0.2) is 0 Å². The maximum atomic E-state index is 10.7. The predicted molar refractivity (Wildman–Crippen MR) is 77.9 cm³/mol. The summed E-state index contributed by atoms with van der Waals surface area (Å²) in [5, 5.41) is 8.79. The largest absolute Gasteiger partial charge is 0.481 e. The van der Waals surface area contributed by atoms with Gasteiger partial charge in [-0.25, -0.2) is 9.97 Å². The Labute approximate surface area is 123 Å². The van der Waals surface area contributed by atoms with Crippen LogP contribution < -0.4 is 0 Å². The molecule has 1 fully saturated rings. The maximum absolute atomic E-state index is 10.7. The molecule has 1 unspecified atom stereocenters. The van der Waals surface area contributed by atoms with Gasteiger partial charge in [-0.1, -0.05) is 0 Å². The minimum atomic E-state index is -0.696. The van der Waals surface area contributed by atoms with Crippen molar-refractivity contribution >= 4 is 11.7 Å². The normalized spacial score (nSPS) is 19.9. The van der Waals surface area contributed by atoms with Gasteiger partial charge < -0.3 is 5.11 Å². The number of nitrogens with zero attached hydrogens (tertiary/aromatic N) is 4. The number of hydrogen-bond donors (Lipinski definition) is 1. The van der Waals surface area contributed by atoms with E-state index in [2.05, 4.69) is 14.9 Å². The number of likely N-dealkylation sites (tertiary alicyclic amines) is 1. The van der Waals surface area contributed by atoms with Crippen molar-refractivity contribution in [2.45, 2.75) is 32.2 Å². The highest BCUT2D eigenvalue weighted by atomic mass is 16.4. The van der Waals surface area contributed by atoms with Gasteiger partial charge in [0.2, 0.25) is 5.78 Å². The van der Waals surface area contributed by atoms with Crippen molar-refractivity contribution in [2.75, 3.05) is 13.1 Å². The lowest BCUT2D eigenvalue weighted by Gasteiger charge is -2.32. The van der Waals surface area contributed by atoms with E-state index < -0.39 is 5.97 Å². The number of carboxylic acids is 1. The molecule has 0 spiro atoms. The molecule has 1 atom stereocenters. The van der Waals surface area contributed by atoms with Gasteiger partial charge in [0.05, 0.1) is 5.69 Å². The molecule has 2 aromatic heterocycles. The lowest BCUT2D eigenvalue weighted by molar-refractivity contribution is -0.137. The van der Waals surface area contributed by atoms with Crippen molar-refractivity contribution in [3.05, 3.63) is 30.4 Å². The number of piperidine rings is 1. The van der Waals surface area contributed by atoms with E-state index in [9.17, 15) is 4.79 Å². The van der Waals surface area contributed by atoms with E-state index in [1.165, 1.54) is 0 Å². The predicted octanol–water partition coefficient (Wildman–Crippen LogP) is 1.81. The fourth-order valence-electron chi connectivity index (χ4n) is 3.04. The fourth-order valence-corrected chi connectivity index (χ4v) is 3.04. The molecule has 3 heterocycles. The molecular formula is C15H20N4O2. The molecule has 6 nitrogen and oxygen atoms in total.